The fraction of sp³-hybridized carbons (Fsp3) is 0.435. The van der Waals surface area contributed by atoms with Gasteiger partial charge in [-0.2, -0.15) is 0 Å². The minimum absolute atomic E-state index is 0.0442. The number of aryl methyl sites for hydroxylation is 2. The van der Waals surface area contributed by atoms with E-state index in [1.807, 2.05) is 22.8 Å². The van der Waals surface area contributed by atoms with Gasteiger partial charge in [-0.25, -0.2) is 4.98 Å². The number of hydrazine groups is 1. The topological polar surface area (TPSA) is 76.0 Å². The summed E-state index contributed by atoms with van der Waals surface area (Å²) >= 11 is 1.64. The van der Waals surface area contributed by atoms with Gasteiger partial charge in [-0.1, -0.05) is 37.5 Å². The highest BCUT2D eigenvalue weighted by Gasteiger charge is 2.26. The number of rotatable bonds is 4. The molecule has 0 atom stereocenters. The molecule has 2 aliphatic rings. The van der Waals surface area contributed by atoms with Gasteiger partial charge in [0.15, 0.2) is 0 Å². The molecule has 0 unspecified atom stereocenters. The molecule has 0 saturated heterocycles. The van der Waals surface area contributed by atoms with Gasteiger partial charge in [-0.05, 0) is 56.2 Å². The van der Waals surface area contributed by atoms with Gasteiger partial charge in [-0.3, -0.25) is 25.0 Å². The number of hydrogen-bond acceptors (Lipinski definition) is 5. The lowest BCUT2D eigenvalue weighted by Gasteiger charge is -2.26. The standard InChI is InChI=1S/C23H26N4O2S/c28-20(15-9-3-1-4-10-15)25-26-23-24-21-19(17-13-7-8-14-18(17)30-21)22(29)27(23)16-11-5-2-6-12-16/h1,3-4,9-10,16H,2,5-8,11-14H2,(H,24,26)(H,25,28). The second kappa shape index (κ2) is 8.22. The zero-order chi connectivity index (χ0) is 20.5. The van der Waals surface area contributed by atoms with Crippen LogP contribution >= 0.6 is 11.3 Å². The molecular weight excluding hydrogens is 396 g/mol. The number of benzene rings is 1. The summed E-state index contributed by atoms with van der Waals surface area (Å²) in [7, 11) is 0. The maximum absolute atomic E-state index is 13.7. The Bertz CT molecular complexity index is 1130. The van der Waals surface area contributed by atoms with E-state index in [0.717, 1.165) is 55.2 Å². The molecule has 3 aromatic rings. The molecule has 7 heteroatoms. The Balaban J connectivity index is 1.55. The average Bonchev–Trinajstić information content (AvgIpc) is 3.17. The number of aromatic nitrogens is 2. The van der Waals surface area contributed by atoms with E-state index in [0.29, 0.717) is 11.5 Å². The van der Waals surface area contributed by atoms with Gasteiger partial charge in [0, 0.05) is 16.5 Å². The zero-order valence-electron chi connectivity index (χ0n) is 16.9. The Labute approximate surface area is 179 Å². The van der Waals surface area contributed by atoms with E-state index in [1.165, 1.54) is 23.3 Å². The monoisotopic (exact) mass is 422 g/mol. The van der Waals surface area contributed by atoms with Crippen molar-refractivity contribution in [2.24, 2.45) is 0 Å². The van der Waals surface area contributed by atoms with Gasteiger partial charge in [0.1, 0.15) is 4.83 Å². The van der Waals surface area contributed by atoms with Crippen LogP contribution in [-0.4, -0.2) is 15.5 Å². The van der Waals surface area contributed by atoms with Gasteiger partial charge in [0.25, 0.3) is 11.5 Å². The van der Waals surface area contributed by atoms with Crippen molar-refractivity contribution >= 4 is 33.4 Å². The number of fused-ring (bicyclic) bond motifs is 3. The van der Waals surface area contributed by atoms with E-state index in [2.05, 4.69) is 10.9 Å². The molecule has 2 aromatic heterocycles. The largest absolute Gasteiger partial charge is 0.274 e. The van der Waals surface area contributed by atoms with E-state index in [1.54, 1.807) is 23.5 Å². The molecule has 5 rings (SSSR count). The normalized spacial score (nSPS) is 16.9. The first-order valence-electron chi connectivity index (χ1n) is 10.9. The van der Waals surface area contributed by atoms with Crippen LogP contribution in [0.15, 0.2) is 35.1 Å². The molecule has 0 bridgehead atoms. The van der Waals surface area contributed by atoms with E-state index in [-0.39, 0.29) is 17.5 Å². The number of anilines is 1. The number of nitrogens with one attached hydrogen (secondary N) is 2. The minimum Gasteiger partial charge on any atom is -0.274 e. The first-order chi connectivity index (χ1) is 14.7. The molecule has 1 amide bonds. The molecule has 1 aromatic carbocycles. The molecule has 2 N–H and O–H groups in total. The van der Waals surface area contributed by atoms with Crippen LogP contribution in [0.3, 0.4) is 0 Å². The predicted octanol–water partition coefficient (Wildman–Crippen LogP) is 4.60. The van der Waals surface area contributed by atoms with E-state index in [9.17, 15) is 9.59 Å². The summed E-state index contributed by atoms with van der Waals surface area (Å²) in [5.74, 6) is 0.202. The molecule has 2 aliphatic carbocycles. The SMILES string of the molecule is O=C(NNc1nc2sc3c(c2c(=O)n1C1CCCCC1)CCCC3)c1ccccc1. The van der Waals surface area contributed by atoms with Crippen molar-refractivity contribution in [3.05, 3.63) is 56.7 Å². The molecule has 156 valence electrons. The van der Waals surface area contributed by atoms with E-state index >= 15 is 0 Å². The van der Waals surface area contributed by atoms with Crippen LogP contribution in [-0.2, 0) is 12.8 Å². The molecule has 6 nitrogen and oxygen atoms in total. The van der Waals surface area contributed by atoms with Crippen molar-refractivity contribution in [3.8, 4) is 0 Å². The van der Waals surface area contributed by atoms with Crippen LogP contribution in [0.2, 0.25) is 0 Å². The lowest BCUT2D eigenvalue weighted by Crippen LogP contribution is -2.36. The van der Waals surface area contributed by atoms with Crippen LogP contribution in [0.25, 0.3) is 10.2 Å². The van der Waals surface area contributed by atoms with E-state index in [4.69, 9.17) is 4.98 Å². The summed E-state index contributed by atoms with van der Waals surface area (Å²) in [6.45, 7) is 0. The number of hydrogen-bond donors (Lipinski definition) is 2. The number of thiophene rings is 1. The summed E-state index contributed by atoms with van der Waals surface area (Å²) in [5, 5.41) is 0.806. The van der Waals surface area contributed by atoms with Crippen molar-refractivity contribution < 1.29 is 4.79 Å². The lowest BCUT2D eigenvalue weighted by atomic mass is 9.94. The third-order valence-corrected chi connectivity index (χ3v) is 7.47. The van der Waals surface area contributed by atoms with E-state index < -0.39 is 0 Å². The van der Waals surface area contributed by atoms with Gasteiger partial charge < -0.3 is 0 Å². The Morgan fingerprint density at radius 1 is 1.03 bits per heavy atom. The van der Waals surface area contributed by atoms with Crippen molar-refractivity contribution in [2.45, 2.75) is 63.8 Å². The molecule has 0 spiro atoms. The fourth-order valence-electron chi connectivity index (χ4n) is 4.76. The van der Waals surface area contributed by atoms with Crippen LogP contribution in [0.4, 0.5) is 5.95 Å². The Morgan fingerprint density at radius 2 is 1.80 bits per heavy atom. The number of amides is 1. The second-order valence-electron chi connectivity index (χ2n) is 8.24. The summed E-state index contributed by atoms with van der Waals surface area (Å²) in [5.41, 5.74) is 7.54. The zero-order valence-corrected chi connectivity index (χ0v) is 17.8. The maximum Gasteiger partial charge on any atom is 0.269 e. The highest BCUT2D eigenvalue weighted by molar-refractivity contribution is 7.18. The third-order valence-electron chi connectivity index (χ3n) is 6.28. The first kappa shape index (κ1) is 19.3. The summed E-state index contributed by atoms with van der Waals surface area (Å²) in [4.78, 5) is 33.1. The minimum atomic E-state index is -0.245. The highest BCUT2D eigenvalue weighted by Crippen LogP contribution is 2.36. The fourth-order valence-corrected chi connectivity index (χ4v) is 6.01. The van der Waals surface area contributed by atoms with Crippen LogP contribution in [0.1, 0.15) is 71.8 Å². The smallest absolute Gasteiger partial charge is 0.269 e. The average molecular weight is 423 g/mol. The summed E-state index contributed by atoms with van der Waals surface area (Å²) in [6, 6.07) is 9.17. The van der Waals surface area contributed by atoms with Crippen molar-refractivity contribution in [1.82, 2.24) is 15.0 Å². The number of carbonyl (C=O) groups excluding carboxylic acids is 1. The molecule has 30 heavy (non-hydrogen) atoms. The molecule has 1 saturated carbocycles. The number of carbonyl (C=O) groups is 1. The Morgan fingerprint density at radius 3 is 2.60 bits per heavy atom. The summed E-state index contributed by atoms with van der Waals surface area (Å²) in [6.07, 6.45) is 9.70. The van der Waals surface area contributed by atoms with Gasteiger partial charge >= 0.3 is 0 Å². The Kier molecular flexibility index (Phi) is 5.29. The van der Waals surface area contributed by atoms with Crippen molar-refractivity contribution in [2.75, 3.05) is 5.43 Å². The lowest BCUT2D eigenvalue weighted by molar-refractivity contribution is 0.0962. The maximum atomic E-state index is 13.7. The van der Waals surface area contributed by atoms with Gasteiger partial charge in [0.05, 0.1) is 5.39 Å². The summed E-state index contributed by atoms with van der Waals surface area (Å²) < 4.78 is 1.81. The van der Waals surface area contributed by atoms with Crippen LogP contribution in [0.5, 0.6) is 0 Å². The molecular formula is C23H26N4O2S. The highest BCUT2D eigenvalue weighted by atomic mass is 32.1. The number of nitrogens with zero attached hydrogens (tertiary/aromatic N) is 2. The molecule has 2 heterocycles. The quantitative estimate of drug-likeness (QED) is 0.603. The molecule has 0 aliphatic heterocycles. The third kappa shape index (κ3) is 3.51. The Hall–Kier alpha value is -2.67. The second-order valence-corrected chi connectivity index (χ2v) is 9.32. The van der Waals surface area contributed by atoms with Crippen LogP contribution in [0, 0.1) is 0 Å². The van der Waals surface area contributed by atoms with Crippen molar-refractivity contribution in [1.29, 1.82) is 0 Å². The first-order valence-corrected chi connectivity index (χ1v) is 11.7. The predicted molar refractivity (Wildman–Crippen MR) is 120 cm³/mol. The van der Waals surface area contributed by atoms with Gasteiger partial charge in [0.2, 0.25) is 5.95 Å². The molecule has 1 fully saturated rings. The van der Waals surface area contributed by atoms with Crippen molar-refractivity contribution in [3.63, 3.8) is 0 Å². The molecule has 0 radical (unpaired) electrons. The van der Waals surface area contributed by atoms with Crippen LogP contribution < -0.4 is 16.4 Å². The van der Waals surface area contributed by atoms with Gasteiger partial charge in [-0.15, -0.1) is 11.3 Å².